The standard InChI is InChI=1S/C33H28N6O4S2/c34-19-24-3-5-25(6-4-24)28(40)16-29-37-33(17-22-7-11-35-12-8-22,18-23-9-13-36-14-10-23)32(41)39(29)31-26-20-38(21-27(26)31)45(42,43)30-2-1-15-44-30/h1-16,26-27,31,37H,17-18,20-21H2/b29-16+/t26-,27+,31?. The predicted octanol–water partition coefficient (Wildman–Crippen LogP) is 3.41. The first-order chi connectivity index (χ1) is 21.8. The zero-order valence-electron chi connectivity index (χ0n) is 24.0. The molecule has 1 unspecified atom stereocenters. The Bertz CT molecular complexity index is 1870. The van der Waals surface area contributed by atoms with Gasteiger partial charge >= 0.3 is 0 Å². The molecule has 0 radical (unpaired) electrons. The van der Waals surface area contributed by atoms with Crippen molar-refractivity contribution in [3.05, 3.63) is 125 Å². The van der Waals surface area contributed by atoms with Gasteiger partial charge in [-0.2, -0.15) is 9.57 Å². The molecular weight excluding hydrogens is 609 g/mol. The number of aromatic nitrogens is 2. The SMILES string of the molecule is N#Cc1ccc(C(=O)/C=C2\NC(Cc3ccncc3)(Cc3ccncc3)C(=O)N2C2[C@H]3CN(S(=O)(=O)c4cccs4)C[C@@H]23)cc1. The fraction of sp³-hybridized carbons (Fsp3) is 0.242. The molecule has 10 nitrogen and oxygen atoms in total. The number of nitrogens with one attached hydrogen (secondary N) is 1. The van der Waals surface area contributed by atoms with Gasteiger partial charge in [-0.25, -0.2) is 8.42 Å². The van der Waals surface area contributed by atoms with Crippen molar-refractivity contribution in [3.63, 3.8) is 0 Å². The number of nitriles is 1. The number of benzene rings is 1. The topological polar surface area (TPSA) is 136 Å². The Labute approximate surface area is 264 Å². The molecular formula is C33H28N6O4S2. The molecule has 3 atom stereocenters. The van der Waals surface area contributed by atoms with Gasteiger partial charge in [0.25, 0.3) is 15.9 Å². The molecule has 0 bridgehead atoms. The third kappa shape index (κ3) is 5.33. The number of hydrogen-bond donors (Lipinski definition) is 1. The van der Waals surface area contributed by atoms with Crippen molar-refractivity contribution in [2.75, 3.05) is 13.1 Å². The van der Waals surface area contributed by atoms with E-state index in [0.717, 1.165) is 11.1 Å². The first-order valence-electron chi connectivity index (χ1n) is 14.5. The van der Waals surface area contributed by atoms with Crippen LogP contribution in [0.3, 0.4) is 0 Å². The first-order valence-corrected chi connectivity index (χ1v) is 16.8. The summed E-state index contributed by atoms with van der Waals surface area (Å²) in [5, 5.41) is 14.4. The Hall–Kier alpha value is -4.70. The molecule has 3 aliphatic rings. The second-order valence-electron chi connectivity index (χ2n) is 11.6. The average Bonchev–Trinajstić information content (AvgIpc) is 3.49. The van der Waals surface area contributed by atoms with Crippen molar-refractivity contribution in [3.8, 4) is 6.07 Å². The van der Waals surface area contributed by atoms with Crippen LogP contribution in [-0.2, 0) is 27.7 Å². The minimum Gasteiger partial charge on any atom is -0.357 e. The van der Waals surface area contributed by atoms with Crippen LogP contribution in [0.5, 0.6) is 0 Å². The van der Waals surface area contributed by atoms with E-state index in [9.17, 15) is 23.3 Å². The molecule has 3 aromatic heterocycles. The van der Waals surface area contributed by atoms with Gasteiger partial charge in [0.15, 0.2) is 5.78 Å². The molecule has 5 heterocycles. The summed E-state index contributed by atoms with van der Waals surface area (Å²) in [4.78, 5) is 38.2. The van der Waals surface area contributed by atoms with Crippen LogP contribution >= 0.6 is 11.3 Å². The van der Waals surface area contributed by atoms with Gasteiger partial charge in [-0.05, 0) is 71.1 Å². The summed E-state index contributed by atoms with van der Waals surface area (Å²) in [5.74, 6) is -0.198. The fourth-order valence-corrected chi connectivity index (χ4v) is 9.25. The molecule has 0 spiro atoms. The van der Waals surface area contributed by atoms with Crippen LogP contribution in [0.1, 0.15) is 27.0 Å². The molecule has 4 aromatic rings. The minimum absolute atomic E-state index is 0.0587. The van der Waals surface area contributed by atoms with Crippen molar-refractivity contribution in [2.24, 2.45) is 11.8 Å². The van der Waals surface area contributed by atoms with Gasteiger partial charge in [0.1, 0.15) is 15.6 Å². The van der Waals surface area contributed by atoms with E-state index < -0.39 is 15.6 Å². The van der Waals surface area contributed by atoms with Crippen molar-refractivity contribution >= 4 is 33.1 Å². The second kappa shape index (κ2) is 11.3. The molecule has 12 heteroatoms. The van der Waals surface area contributed by atoms with E-state index >= 15 is 0 Å². The highest BCUT2D eigenvalue weighted by atomic mass is 32.2. The van der Waals surface area contributed by atoms with E-state index in [-0.39, 0.29) is 29.6 Å². The van der Waals surface area contributed by atoms with Crippen molar-refractivity contribution in [1.29, 1.82) is 5.26 Å². The van der Waals surface area contributed by atoms with Crippen molar-refractivity contribution in [2.45, 2.75) is 28.6 Å². The largest absolute Gasteiger partial charge is 0.357 e. The van der Waals surface area contributed by atoms with E-state index in [1.807, 2.05) is 24.3 Å². The summed E-state index contributed by atoms with van der Waals surface area (Å²) in [6, 6.07) is 19.0. The third-order valence-corrected chi connectivity index (χ3v) is 12.0. The molecule has 45 heavy (non-hydrogen) atoms. The zero-order chi connectivity index (χ0) is 31.2. The summed E-state index contributed by atoms with van der Waals surface area (Å²) in [6.07, 6.45) is 8.89. The maximum Gasteiger partial charge on any atom is 0.254 e. The number of fused-ring (bicyclic) bond motifs is 1. The Morgan fingerprint density at radius 2 is 1.58 bits per heavy atom. The summed E-state index contributed by atoms with van der Waals surface area (Å²) in [5.41, 5.74) is 1.53. The number of rotatable bonds is 9. The number of thiophene rings is 1. The Balaban J connectivity index is 1.24. The molecule has 7 rings (SSSR count). The molecule has 1 amide bonds. The van der Waals surface area contributed by atoms with E-state index in [2.05, 4.69) is 21.4 Å². The Kier molecular flexibility index (Phi) is 7.32. The van der Waals surface area contributed by atoms with Crippen LogP contribution in [0.25, 0.3) is 0 Å². The minimum atomic E-state index is -3.61. The lowest BCUT2D eigenvalue weighted by atomic mass is 9.85. The molecule has 226 valence electrons. The van der Waals surface area contributed by atoms with Gasteiger partial charge in [-0.15, -0.1) is 11.3 Å². The quantitative estimate of drug-likeness (QED) is 0.218. The maximum absolute atomic E-state index is 14.7. The van der Waals surface area contributed by atoms with Crippen molar-refractivity contribution in [1.82, 2.24) is 24.5 Å². The maximum atomic E-state index is 14.7. The van der Waals surface area contributed by atoms with Gasteiger partial charge in [0.05, 0.1) is 11.6 Å². The summed E-state index contributed by atoms with van der Waals surface area (Å²) >= 11 is 1.19. The Morgan fingerprint density at radius 1 is 0.978 bits per heavy atom. The van der Waals surface area contributed by atoms with Crippen LogP contribution in [0.4, 0.5) is 0 Å². The molecule has 3 fully saturated rings. The Morgan fingerprint density at radius 3 is 2.11 bits per heavy atom. The second-order valence-corrected chi connectivity index (χ2v) is 14.7. The molecule has 1 aliphatic carbocycles. The van der Waals surface area contributed by atoms with Gasteiger partial charge in [0.2, 0.25) is 0 Å². The number of ketones is 1. The molecule has 2 saturated heterocycles. The average molecular weight is 637 g/mol. The summed E-state index contributed by atoms with van der Waals surface area (Å²) in [7, 11) is -3.61. The monoisotopic (exact) mass is 636 g/mol. The predicted molar refractivity (Wildman–Crippen MR) is 166 cm³/mol. The number of hydrogen-bond acceptors (Lipinski definition) is 9. The third-order valence-electron chi connectivity index (χ3n) is 8.83. The smallest absolute Gasteiger partial charge is 0.254 e. The van der Waals surface area contributed by atoms with Gasteiger partial charge in [-0.1, -0.05) is 6.07 Å². The normalized spacial score (nSPS) is 23.0. The number of pyridine rings is 2. The van der Waals surface area contributed by atoms with E-state index in [4.69, 9.17) is 0 Å². The highest BCUT2D eigenvalue weighted by molar-refractivity contribution is 7.91. The highest BCUT2D eigenvalue weighted by Crippen LogP contribution is 2.53. The number of carbonyl (C=O) groups is 2. The lowest BCUT2D eigenvalue weighted by Gasteiger charge is -2.28. The number of piperidine rings is 1. The van der Waals surface area contributed by atoms with Crippen LogP contribution < -0.4 is 5.32 Å². The van der Waals surface area contributed by atoms with Crippen LogP contribution in [0, 0.1) is 23.2 Å². The highest BCUT2D eigenvalue weighted by Gasteiger charge is 2.65. The number of sulfonamides is 1. The van der Waals surface area contributed by atoms with E-state index in [1.165, 1.54) is 21.7 Å². The summed E-state index contributed by atoms with van der Waals surface area (Å²) in [6.45, 7) is 0.607. The molecule has 1 N–H and O–H groups in total. The first kappa shape index (κ1) is 29.0. The van der Waals surface area contributed by atoms with Crippen LogP contribution in [-0.4, -0.2) is 64.0 Å². The number of allylic oxidation sites excluding steroid dienone is 1. The van der Waals surface area contributed by atoms with Crippen LogP contribution in [0.15, 0.2) is 107 Å². The van der Waals surface area contributed by atoms with Gasteiger partial charge in [0, 0.05) is 80.2 Å². The van der Waals surface area contributed by atoms with Gasteiger partial charge in [-0.3, -0.25) is 24.5 Å². The number of nitrogens with zero attached hydrogens (tertiary/aromatic N) is 5. The van der Waals surface area contributed by atoms with E-state index in [1.54, 1.807) is 71.5 Å². The molecule has 1 aromatic carbocycles. The van der Waals surface area contributed by atoms with Gasteiger partial charge < -0.3 is 5.32 Å². The lowest BCUT2D eigenvalue weighted by molar-refractivity contribution is -0.132. The number of carbonyl (C=O) groups excluding carboxylic acids is 2. The van der Waals surface area contributed by atoms with Crippen LogP contribution in [0.2, 0.25) is 0 Å². The fourth-order valence-electron chi connectivity index (χ4n) is 6.59. The lowest BCUT2D eigenvalue weighted by Crippen LogP contribution is -2.51. The van der Waals surface area contributed by atoms with E-state index in [0.29, 0.717) is 47.1 Å². The zero-order valence-corrected chi connectivity index (χ0v) is 25.6. The molecule has 1 saturated carbocycles. The van der Waals surface area contributed by atoms with Crippen molar-refractivity contribution < 1.29 is 18.0 Å². The number of amides is 1. The summed E-state index contributed by atoms with van der Waals surface area (Å²) < 4.78 is 28.3. The molecule has 2 aliphatic heterocycles.